The van der Waals surface area contributed by atoms with Gasteiger partial charge in [0.1, 0.15) is 0 Å². The van der Waals surface area contributed by atoms with Crippen molar-refractivity contribution in [2.24, 2.45) is 0 Å². The molecule has 0 aliphatic rings. The lowest BCUT2D eigenvalue weighted by molar-refractivity contribution is 0.687. The molecule has 0 spiro atoms. The molecule has 18 heavy (non-hydrogen) atoms. The molecule has 2 heterocycles. The maximum atomic E-state index is 5.80. The van der Waals surface area contributed by atoms with Gasteiger partial charge in [0.25, 0.3) is 0 Å². The normalized spacial score (nSPS) is 10.7. The zero-order valence-corrected chi connectivity index (χ0v) is 9.74. The molecule has 0 atom stereocenters. The number of nitrogens with zero attached hydrogens (tertiary/aromatic N) is 3. The van der Waals surface area contributed by atoms with E-state index in [9.17, 15) is 0 Å². The van der Waals surface area contributed by atoms with Crippen LogP contribution in [0.3, 0.4) is 0 Å². The molecular weight excluding hydrogens is 226 g/mol. The average Bonchev–Trinajstić information content (AvgIpc) is 2.99. The topological polar surface area (TPSA) is 72.5 Å². The van der Waals surface area contributed by atoms with E-state index >= 15 is 0 Å². The van der Waals surface area contributed by atoms with E-state index in [0.717, 1.165) is 17.8 Å². The Morgan fingerprint density at radius 2 is 2.00 bits per heavy atom. The molecule has 90 valence electrons. The van der Waals surface area contributed by atoms with Crippen molar-refractivity contribution in [3.63, 3.8) is 0 Å². The molecule has 0 aliphatic heterocycles. The molecule has 0 fully saturated rings. The summed E-state index contributed by atoms with van der Waals surface area (Å²) in [6, 6.07) is 10.2. The third-order valence-corrected chi connectivity index (χ3v) is 2.78. The summed E-state index contributed by atoms with van der Waals surface area (Å²) >= 11 is 0. The van der Waals surface area contributed by atoms with Crippen molar-refractivity contribution in [2.45, 2.75) is 6.54 Å². The van der Waals surface area contributed by atoms with E-state index in [1.54, 1.807) is 12.4 Å². The van der Waals surface area contributed by atoms with Crippen molar-refractivity contribution in [1.29, 1.82) is 0 Å². The first-order chi connectivity index (χ1) is 8.83. The molecule has 2 aromatic heterocycles. The second-order valence-electron chi connectivity index (χ2n) is 4.11. The summed E-state index contributed by atoms with van der Waals surface area (Å²) in [6.45, 7) is 0.745. The van der Waals surface area contributed by atoms with E-state index in [1.165, 1.54) is 5.56 Å². The summed E-state index contributed by atoms with van der Waals surface area (Å²) in [5.74, 6) is 0. The Bertz CT molecular complexity index is 638. The second-order valence-corrected chi connectivity index (χ2v) is 4.11. The van der Waals surface area contributed by atoms with Crippen LogP contribution in [0.2, 0.25) is 0 Å². The molecule has 3 rings (SSSR count). The monoisotopic (exact) mass is 239 g/mol. The summed E-state index contributed by atoms with van der Waals surface area (Å²) in [5.41, 5.74) is 9.41. The largest absolute Gasteiger partial charge is 0.396 e. The third kappa shape index (κ3) is 1.98. The number of nitrogens with two attached hydrogens (primary N) is 1. The summed E-state index contributed by atoms with van der Waals surface area (Å²) in [5, 5.41) is 11.1. The predicted octanol–water partition coefficient (Wildman–Crippen LogP) is 1.90. The van der Waals surface area contributed by atoms with Gasteiger partial charge in [0.15, 0.2) is 0 Å². The van der Waals surface area contributed by atoms with Gasteiger partial charge in [-0.3, -0.25) is 9.78 Å². The number of rotatable bonds is 3. The van der Waals surface area contributed by atoms with E-state index in [0.29, 0.717) is 5.69 Å². The molecule has 1 aromatic carbocycles. The fraction of sp³-hybridized carbons (Fsp3) is 0.0769. The lowest BCUT2D eigenvalue weighted by Gasteiger charge is -2.00. The molecule has 5 nitrogen and oxygen atoms in total. The van der Waals surface area contributed by atoms with E-state index in [-0.39, 0.29) is 0 Å². The molecule has 3 N–H and O–H groups in total. The standard InChI is InChI=1S/C13H13N5/c14-12-7-15-17-13(12)11-6-16-18(9-11)8-10-4-2-1-3-5-10/h1-7,9H,8,14H2,(H,15,17). The molecule has 5 heteroatoms. The van der Waals surface area contributed by atoms with Gasteiger partial charge in [-0.2, -0.15) is 10.2 Å². The minimum Gasteiger partial charge on any atom is -0.396 e. The number of anilines is 1. The average molecular weight is 239 g/mol. The van der Waals surface area contributed by atoms with E-state index in [2.05, 4.69) is 27.4 Å². The number of hydrogen-bond acceptors (Lipinski definition) is 3. The Kier molecular flexibility index (Phi) is 2.57. The van der Waals surface area contributed by atoms with Crippen molar-refractivity contribution in [2.75, 3.05) is 5.73 Å². The number of aromatic nitrogens is 4. The zero-order valence-electron chi connectivity index (χ0n) is 9.74. The summed E-state index contributed by atoms with van der Waals surface area (Å²) < 4.78 is 1.88. The highest BCUT2D eigenvalue weighted by molar-refractivity contribution is 5.70. The van der Waals surface area contributed by atoms with E-state index < -0.39 is 0 Å². The predicted molar refractivity (Wildman–Crippen MR) is 69.8 cm³/mol. The first-order valence-corrected chi connectivity index (χ1v) is 5.68. The van der Waals surface area contributed by atoms with E-state index in [1.807, 2.05) is 29.1 Å². The lowest BCUT2D eigenvalue weighted by Crippen LogP contribution is -1.99. The molecule has 0 aliphatic carbocycles. The van der Waals surface area contributed by atoms with Crippen LogP contribution < -0.4 is 5.73 Å². The Labute approximate surface area is 104 Å². The Hall–Kier alpha value is -2.56. The minimum absolute atomic E-state index is 0.634. The molecule has 0 saturated carbocycles. The number of nitrogen functional groups attached to an aromatic ring is 1. The van der Waals surface area contributed by atoms with Gasteiger partial charge in [-0.15, -0.1) is 0 Å². The molecule has 0 saturated heterocycles. The summed E-state index contributed by atoms with van der Waals surface area (Å²) in [6.07, 6.45) is 5.34. The quantitative estimate of drug-likeness (QED) is 0.733. The summed E-state index contributed by atoms with van der Waals surface area (Å²) in [7, 11) is 0. The van der Waals surface area contributed by atoms with Crippen LogP contribution in [-0.4, -0.2) is 20.0 Å². The molecule has 3 aromatic rings. The van der Waals surface area contributed by atoms with Crippen molar-refractivity contribution < 1.29 is 0 Å². The first kappa shape index (κ1) is 10.6. The molecule has 0 unspecified atom stereocenters. The number of aromatic amines is 1. The van der Waals surface area contributed by atoms with Gasteiger partial charge in [0, 0.05) is 11.8 Å². The Balaban J connectivity index is 1.84. The third-order valence-electron chi connectivity index (χ3n) is 2.78. The Morgan fingerprint density at radius 1 is 1.17 bits per heavy atom. The smallest absolute Gasteiger partial charge is 0.0911 e. The van der Waals surface area contributed by atoms with Crippen molar-refractivity contribution in [3.05, 3.63) is 54.5 Å². The highest BCUT2D eigenvalue weighted by Crippen LogP contribution is 2.21. The fourth-order valence-electron chi connectivity index (χ4n) is 1.88. The molecule has 0 radical (unpaired) electrons. The van der Waals surface area contributed by atoms with Crippen molar-refractivity contribution >= 4 is 5.69 Å². The van der Waals surface area contributed by atoms with Gasteiger partial charge in [-0.25, -0.2) is 0 Å². The molecule has 0 bridgehead atoms. The zero-order chi connectivity index (χ0) is 12.4. The van der Waals surface area contributed by atoms with E-state index in [4.69, 9.17) is 5.73 Å². The maximum Gasteiger partial charge on any atom is 0.0911 e. The van der Waals surface area contributed by atoms with Crippen LogP contribution in [0, 0.1) is 0 Å². The van der Waals surface area contributed by atoms with Crippen LogP contribution >= 0.6 is 0 Å². The van der Waals surface area contributed by atoms with Gasteiger partial charge in [0.05, 0.1) is 30.3 Å². The van der Waals surface area contributed by atoms with Gasteiger partial charge in [-0.1, -0.05) is 30.3 Å². The fourth-order valence-corrected chi connectivity index (χ4v) is 1.88. The van der Waals surface area contributed by atoms with Crippen LogP contribution in [-0.2, 0) is 6.54 Å². The second kappa shape index (κ2) is 4.37. The number of H-pyrrole nitrogens is 1. The number of benzene rings is 1. The minimum atomic E-state index is 0.634. The number of nitrogens with one attached hydrogen (secondary N) is 1. The van der Waals surface area contributed by atoms with Gasteiger partial charge < -0.3 is 5.73 Å². The molecular formula is C13H13N5. The van der Waals surface area contributed by atoms with Gasteiger partial charge in [-0.05, 0) is 5.56 Å². The van der Waals surface area contributed by atoms with Gasteiger partial charge >= 0.3 is 0 Å². The highest BCUT2D eigenvalue weighted by atomic mass is 15.3. The van der Waals surface area contributed by atoms with Crippen molar-refractivity contribution in [1.82, 2.24) is 20.0 Å². The first-order valence-electron chi connectivity index (χ1n) is 5.68. The van der Waals surface area contributed by atoms with Crippen LogP contribution in [0.5, 0.6) is 0 Å². The SMILES string of the molecule is Nc1cn[nH]c1-c1cnn(Cc2ccccc2)c1. The number of hydrogen-bond donors (Lipinski definition) is 2. The van der Waals surface area contributed by atoms with Crippen molar-refractivity contribution in [3.8, 4) is 11.3 Å². The summed E-state index contributed by atoms with van der Waals surface area (Å²) in [4.78, 5) is 0. The Morgan fingerprint density at radius 3 is 2.72 bits per heavy atom. The molecule has 0 amide bonds. The van der Waals surface area contributed by atoms with Crippen LogP contribution in [0.15, 0.2) is 48.9 Å². The van der Waals surface area contributed by atoms with Crippen LogP contribution in [0.25, 0.3) is 11.3 Å². The van der Waals surface area contributed by atoms with Crippen LogP contribution in [0.4, 0.5) is 5.69 Å². The highest BCUT2D eigenvalue weighted by Gasteiger charge is 2.07. The van der Waals surface area contributed by atoms with Gasteiger partial charge in [0.2, 0.25) is 0 Å². The van der Waals surface area contributed by atoms with Crippen LogP contribution in [0.1, 0.15) is 5.56 Å². The maximum absolute atomic E-state index is 5.80. The lowest BCUT2D eigenvalue weighted by atomic mass is 10.2.